The molecule has 0 spiro atoms. The van der Waals surface area contributed by atoms with Gasteiger partial charge in [-0.05, 0) is 19.3 Å². The van der Waals surface area contributed by atoms with Gasteiger partial charge in [-0.2, -0.15) is 0 Å². The van der Waals surface area contributed by atoms with Crippen LogP contribution >= 0.6 is 0 Å². The lowest BCUT2D eigenvalue weighted by atomic mass is 10.0. The van der Waals surface area contributed by atoms with Crippen molar-refractivity contribution in [1.82, 2.24) is 15.3 Å². The van der Waals surface area contributed by atoms with Gasteiger partial charge in [-0.1, -0.05) is 13.8 Å². The van der Waals surface area contributed by atoms with E-state index in [1.54, 1.807) is 6.92 Å². The van der Waals surface area contributed by atoms with Crippen LogP contribution in [0.25, 0.3) is 0 Å². The van der Waals surface area contributed by atoms with E-state index in [0.29, 0.717) is 12.1 Å². The number of aryl methyl sites for hydroxylation is 1. The first-order valence-electron chi connectivity index (χ1n) is 7.16. The Hall–Kier alpha value is -2.51. The fourth-order valence-corrected chi connectivity index (χ4v) is 1.77. The summed E-state index contributed by atoms with van der Waals surface area (Å²) in [7, 11) is 1.25. The third-order valence-corrected chi connectivity index (χ3v) is 2.85. The van der Waals surface area contributed by atoms with Crippen molar-refractivity contribution in [3.05, 3.63) is 23.8 Å². The van der Waals surface area contributed by atoms with E-state index >= 15 is 0 Å². The molecule has 1 aromatic heterocycles. The summed E-state index contributed by atoms with van der Waals surface area (Å²) in [6, 6.07) is -0.773. The zero-order chi connectivity index (χ0) is 17.4. The van der Waals surface area contributed by atoms with Crippen LogP contribution in [0.4, 0.5) is 0 Å². The van der Waals surface area contributed by atoms with Crippen molar-refractivity contribution in [2.75, 3.05) is 13.7 Å². The highest BCUT2D eigenvalue weighted by atomic mass is 16.5. The molecule has 0 fully saturated rings. The van der Waals surface area contributed by atoms with Crippen molar-refractivity contribution in [2.24, 2.45) is 5.92 Å². The maximum atomic E-state index is 11.8. The number of ether oxygens (including phenoxy) is 2. The van der Waals surface area contributed by atoms with E-state index in [-0.39, 0.29) is 11.6 Å². The van der Waals surface area contributed by atoms with Gasteiger partial charge in [-0.3, -0.25) is 9.78 Å². The van der Waals surface area contributed by atoms with E-state index < -0.39 is 30.5 Å². The van der Waals surface area contributed by atoms with Crippen LogP contribution in [0.5, 0.6) is 0 Å². The van der Waals surface area contributed by atoms with E-state index in [9.17, 15) is 14.4 Å². The Labute approximate surface area is 134 Å². The predicted molar refractivity (Wildman–Crippen MR) is 80.5 cm³/mol. The van der Waals surface area contributed by atoms with Crippen LogP contribution in [0.2, 0.25) is 0 Å². The SMILES string of the molecule is COC(=O)[C@@H](CC(C)C)NC(=O)COC(=O)c1cnc(C)cn1. The maximum Gasteiger partial charge on any atom is 0.359 e. The molecule has 8 heteroatoms. The third-order valence-electron chi connectivity index (χ3n) is 2.85. The molecule has 1 heterocycles. The quantitative estimate of drug-likeness (QED) is 0.734. The number of carbonyl (C=O) groups is 3. The highest BCUT2D eigenvalue weighted by Gasteiger charge is 2.23. The zero-order valence-electron chi connectivity index (χ0n) is 13.7. The van der Waals surface area contributed by atoms with Gasteiger partial charge >= 0.3 is 11.9 Å². The van der Waals surface area contributed by atoms with Crippen LogP contribution in [-0.4, -0.2) is 47.6 Å². The average Bonchev–Trinajstić information content (AvgIpc) is 2.51. The summed E-state index contributed by atoms with van der Waals surface area (Å²) < 4.78 is 9.48. The zero-order valence-corrected chi connectivity index (χ0v) is 13.7. The minimum atomic E-state index is -0.773. The van der Waals surface area contributed by atoms with Crippen molar-refractivity contribution < 1.29 is 23.9 Å². The molecule has 0 aliphatic carbocycles. The number of aromatic nitrogens is 2. The van der Waals surface area contributed by atoms with Crippen molar-refractivity contribution in [3.63, 3.8) is 0 Å². The molecule has 1 aromatic rings. The topological polar surface area (TPSA) is 107 Å². The average molecular weight is 323 g/mol. The molecule has 0 unspecified atom stereocenters. The fourth-order valence-electron chi connectivity index (χ4n) is 1.77. The number of hydrogen-bond donors (Lipinski definition) is 1. The molecule has 0 aliphatic heterocycles. The minimum Gasteiger partial charge on any atom is -0.467 e. The fraction of sp³-hybridized carbons (Fsp3) is 0.533. The minimum absolute atomic E-state index is 0.00935. The Bertz CT molecular complexity index is 557. The van der Waals surface area contributed by atoms with E-state index in [0.717, 1.165) is 0 Å². The van der Waals surface area contributed by atoms with Gasteiger partial charge in [-0.25, -0.2) is 14.6 Å². The summed E-state index contributed by atoms with van der Waals surface area (Å²) in [6.07, 6.45) is 3.12. The number of carbonyl (C=O) groups excluding carboxylic acids is 3. The van der Waals surface area contributed by atoms with Crippen LogP contribution < -0.4 is 5.32 Å². The van der Waals surface area contributed by atoms with Crippen LogP contribution in [0.3, 0.4) is 0 Å². The van der Waals surface area contributed by atoms with Crippen molar-refractivity contribution in [2.45, 2.75) is 33.2 Å². The van der Waals surface area contributed by atoms with E-state index in [1.165, 1.54) is 19.5 Å². The summed E-state index contributed by atoms with van der Waals surface area (Å²) >= 11 is 0. The summed E-state index contributed by atoms with van der Waals surface area (Å²) in [4.78, 5) is 42.9. The Balaban J connectivity index is 2.52. The molecule has 1 N–H and O–H groups in total. The number of esters is 2. The van der Waals surface area contributed by atoms with E-state index in [1.807, 2.05) is 13.8 Å². The van der Waals surface area contributed by atoms with Gasteiger partial charge in [0.1, 0.15) is 6.04 Å². The summed E-state index contributed by atoms with van der Waals surface area (Å²) in [5.41, 5.74) is 0.670. The number of nitrogens with one attached hydrogen (secondary N) is 1. The van der Waals surface area contributed by atoms with Crippen molar-refractivity contribution >= 4 is 17.8 Å². The van der Waals surface area contributed by atoms with E-state index in [4.69, 9.17) is 4.74 Å². The number of nitrogens with zero attached hydrogens (tertiary/aromatic N) is 2. The Kier molecular flexibility index (Phi) is 7.11. The number of amides is 1. The highest BCUT2D eigenvalue weighted by molar-refractivity contribution is 5.90. The van der Waals surface area contributed by atoms with Gasteiger partial charge in [-0.15, -0.1) is 0 Å². The first kappa shape index (κ1) is 18.5. The van der Waals surface area contributed by atoms with Gasteiger partial charge in [0.15, 0.2) is 12.3 Å². The second-order valence-corrected chi connectivity index (χ2v) is 5.39. The smallest absolute Gasteiger partial charge is 0.359 e. The Morgan fingerprint density at radius 1 is 1.22 bits per heavy atom. The Morgan fingerprint density at radius 2 is 1.91 bits per heavy atom. The molecule has 0 aromatic carbocycles. The number of methoxy groups -OCH3 is 1. The van der Waals surface area contributed by atoms with Crippen molar-refractivity contribution in [1.29, 1.82) is 0 Å². The van der Waals surface area contributed by atoms with Gasteiger partial charge < -0.3 is 14.8 Å². The molecule has 0 saturated heterocycles. The first-order valence-corrected chi connectivity index (χ1v) is 7.16. The Morgan fingerprint density at radius 3 is 2.43 bits per heavy atom. The second kappa shape index (κ2) is 8.82. The molecule has 0 radical (unpaired) electrons. The molecule has 0 bridgehead atoms. The molecular weight excluding hydrogens is 302 g/mol. The lowest BCUT2D eigenvalue weighted by molar-refractivity contribution is -0.145. The van der Waals surface area contributed by atoms with Gasteiger partial charge in [0, 0.05) is 6.20 Å². The molecule has 0 aliphatic rings. The normalized spacial score (nSPS) is 11.7. The maximum absolute atomic E-state index is 11.8. The van der Waals surface area contributed by atoms with Crippen LogP contribution in [0, 0.1) is 12.8 Å². The first-order chi connectivity index (χ1) is 10.8. The molecule has 0 saturated carbocycles. The summed E-state index contributed by atoms with van der Waals surface area (Å²) in [5.74, 6) is -1.70. The number of rotatable bonds is 7. The van der Waals surface area contributed by atoms with Gasteiger partial charge in [0.25, 0.3) is 5.91 Å². The summed E-state index contributed by atoms with van der Waals surface area (Å²) in [6.45, 7) is 5.05. The molecule has 1 amide bonds. The largest absolute Gasteiger partial charge is 0.467 e. The van der Waals surface area contributed by atoms with E-state index in [2.05, 4.69) is 20.0 Å². The third kappa shape index (κ3) is 6.41. The lowest BCUT2D eigenvalue weighted by Gasteiger charge is -2.18. The highest BCUT2D eigenvalue weighted by Crippen LogP contribution is 2.06. The molecule has 1 atom stereocenters. The molecule has 8 nitrogen and oxygen atoms in total. The van der Waals surface area contributed by atoms with Crippen LogP contribution in [-0.2, 0) is 19.1 Å². The molecule has 1 rings (SSSR count). The van der Waals surface area contributed by atoms with Gasteiger partial charge in [0.2, 0.25) is 0 Å². The predicted octanol–water partition coefficient (Wildman–Crippen LogP) is 0.646. The molecular formula is C15H21N3O5. The lowest BCUT2D eigenvalue weighted by Crippen LogP contribution is -2.44. The number of hydrogen-bond acceptors (Lipinski definition) is 7. The summed E-state index contributed by atoms with van der Waals surface area (Å²) in [5, 5.41) is 2.49. The monoisotopic (exact) mass is 323 g/mol. The van der Waals surface area contributed by atoms with Gasteiger partial charge in [0.05, 0.1) is 19.0 Å². The van der Waals surface area contributed by atoms with Crippen LogP contribution in [0.15, 0.2) is 12.4 Å². The van der Waals surface area contributed by atoms with Crippen molar-refractivity contribution in [3.8, 4) is 0 Å². The standard InChI is InChI=1S/C15H21N3O5/c1-9(2)5-11(14(20)22-4)18-13(19)8-23-15(21)12-7-16-10(3)6-17-12/h6-7,9,11H,5,8H2,1-4H3,(H,18,19)/t11-/m1/s1. The molecule has 126 valence electrons. The molecule has 23 heavy (non-hydrogen) atoms. The van der Waals surface area contributed by atoms with Crippen LogP contribution in [0.1, 0.15) is 36.5 Å². The second-order valence-electron chi connectivity index (χ2n) is 5.39.